The van der Waals surface area contributed by atoms with Crippen molar-refractivity contribution in [1.29, 1.82) is 0 Å². The van der Waals surface area contributed by atoms with Crippen LogP contribution in [-0.2, 0) is 0 Å². The van der Waals surface area contributed by atoms with Gasteiger partial charge in [0.15, 0.2) is 0 Å². The summed E-state index contributed by atoms with van der Waals surface area (Å²) in [5, 5.41) is 40.2. The van der Waals surface area contributed by atoms with E-state index in [4.69, 9.17) is 5.11 Å². The quantitative estimate of drug-likeness (QED) is 0.304. The van der Waals surface area contributed by atoms with Gasteiger partial charge >= 0.3 is 11.4 Å². The Morgan fingerprint density at radius 1 is 0.875 bits per heavy atom. The zero-order chi connectivity index (χ0) is 23.4. The molecular formula is C19H12BrN5O7. The van der Waals surface area contributed by atoms with Crippen LogP contribution >= 0.6 is 15.9 Å². The lowest BCUT2D eigenvalue weighted by molar-refractivity contribution is -0.404. The van der Waals surface area contributed by atoms with E-state index in [1.165, 1.54) is 0 Å². The maximum absolute atomic E-state index is 10.4. The zero-order valence-electron chi connectivity index (χ0n) is 15.9. The monoisotopic (exact) mass is 501 g/mol. The molecule has 12 nitrogen and oxygen atoms in total. The lowest BCUT2D eigenvalue weighted by Gasteiger charge is -1.97. The number of phenolic OH excluding ortho intramolecular Hbond substituents is 1. The average Bonchev–Trinajstić information content (AvgIpc) is 3.18. The number of aromatic nitrogens is 2. The molecule has 0 aliphatic carbocycles. The number of nitrogens with zero attached hydrogens (tertiary/aromatic N) is 5. The van der Waals surface area contributed by atoms with Gasteiger partial charge in [-0.3, -0.25) is 30.3 Å². The second kappa shape index (κ2) is 9.18. The van der Waals surface area contributed by atoms with E-state index in [0.29, 0.717) is 12.1 Å². The molecule has 0 atom stereocenters. The van der Waals surface area contributed by atoms with Crippen molar-refractivity contribution in [3.05, 3.63) is 102 Å². The predicted octanol–water partition coefficient (Wildman–Crippen LogP) is 4.88. The number of benzene rings is 2. The third-order valence-electron chi connectivity index (χ3n) is 4.14. The molecule has 162 valence electrons. The van der Waals surface area contributed by atoms with Gasteiger partial charge in [0.05, 0.1) is 32.6 Å². The molecule has 4 aromatic rings. The third kappa shape index (κ3) is 4.84. The maximum Gasteiger partial charge on any atom is 0.324 e. The predicted molar refractivity (Wildman–Crippen MR) is 116 cm³/mol. The molecular weight excluding hydrogens is 490 g/mol. The molecule has 0 saturated heterocycles. The van der Waals surface area contributed by atoms with E-state index in [9.17, 15) is 30.3 Å². The van der Waals surface area contributed by atoms with Crippen molar-refractivity contribution in [3.8, 4) is 17.0 Å². The van der Waals surface area contributed by atoms with E-state index in [0.717, 1.165) is 21.4 Å². The second-order valence-corrected chi connectivity index (χ2v) is 7.12. The Kier molecular flexibility index (Phi) is 6.39. The summed E-state index contributed by atoms with van der Waals surface area (Å²) in [5.41, 5.74) is 0.0843. The van der Waals surface area contributed by atoms with Crippen molar-refractivity contribution < 1.29 is 19.9 Å². The van der Waals surface area contributed by atoms with Gasteiger partial charge in [-0.05, 0) is 24.3 Å². The van der Waals surface area contributed by atoms with Crippen molar-refractivity contribution >= 4 is 38.6 Å². The fourth-order valence-corrected chi connectivity index (χ4v) is 3.09. The summed E-state index contributed by atoms with van der Waals surface area (Å²) in [4.78, 5) is 32.3. The van der Waals surface area contributed by atoms with Crippen molar-refractivity contribution in [2.45, 2.75) is 0 Å². The normalized spacial score (nSPS) is 10.3. The first kappa shape index (κ1) is 22.3. The van der Waals surface area contributed by atoms with E-state index in [1.807, 2.05) is 47.1 Å². The minimum absolute atomic E-state index is 0.447. The van der Waals surface area contributed by atoms with Crippen LogP contribution in [-0.4, -0.2) is 29.3 Å². The molecule has 0 aliphatic heterocycles. The molecule has 0 unspecified atom stereocenters. The van der Waals surface area contributed by atoms with Crippen LogP contribution < -0.4 is 0 Å². The van der Waals surface area contributed by atoms with E-state index in [2.05, 4.69) is 33.0 Å². The molecule has 4 rings (SSSR count). The molecule has 0 bridgehead atoms. The van der Waals surface area contributed by atoms with Crippen LogP contribution in [0.4, 0.5) is 17.1 Å². The van der Waals surface area contributed by atoms with E-state index >= 15 is 0 Å². The second-order valence-electron chi connectivity index (χ2n) is 6.21. The van der Waals surface area contributed by atoms with Crippen molar-refractivity contribution in [3.63, 3.8) is 0 Å². The van der Waals surface area contributed by atoms with Gasteiger partial charge in [0.2, 0.25) is 0 Å². The van der Waals surface area contributed by atoms with Gasteiger partial charge in [0.25, 0.3) is 11.4 Å². The molecule has 0 aliphatic rings. The highest BCUT2D eigenvalue weighted by atomic mass is 79.9. The van der Waals surface area contributed by atoms with Gasteiger partial charge in [-0.15, -0.1) is 0 Å². The van der Waals surface area contributed by atoms with Crippen LogP contribution in [0.3, 0.4) is 0 Å². The fraction of sp³-hybridized carbons (Fsp3) is 0. The molecule has 32 heavy (non-hydrogen) atoms. The summed E-state index contributed by atoms with van der Waals surface area (Å²) in [5.74, 6) is -1.21. The summed E-state index contributed by atoms with van der Waals surface area (Å²) in [6.07, 6.45) is 4.04. The van der Waals surface area contributed by atoms with Crippen LogP contribution in [0.2, 0.25) is 0 Å². The standard InChI is InChI=1S/C13H9BrN2.C6H3N3O7/c14-11-5-3-4-10(8-11)12-9-16-7-2-1-6-13(16)15-12;10-6-4(8(13)14)1-3(7(11)12)2-5(6)9(15)16/h1-9H;1-2,10H. The van der Waals surface area contributed by atoms with Crippen LogP contribution in [0.15, 0.2) is 71.5 Å². The Hall–Kier alpha value is -4.39. The van der Waals surface area contributed by atoms with Crippen LogP contribution in [0.5, 0.6) is 5.75 Å². The number of rotatable bonds is 4. The lowest BCUT2D eigenvalue weighted by Crippen LogP contribution is -1.97. The Balaban J connectivity index is 0.000000181. The Labute approximate surface area is 187 Å². The summed E-state index contributed by atoms with van der Waals surface area (Å²) < 4.78 is 3.10. The summed E-state index contributed by atoms with van der Waals surface area (Å²) in [6, 6.07) is 15.1. The maximum atomic E-state index is 10.4. The van der Waals surface area contributed by atoms with Crippen LogP contribution in [0.25, 0.3) is 16.9 Å². The van der Waals surface area contributed by atoms with Crippen molar-refractivity contribution in [2.75, 3.05) is 0 Å². The van der Waals surface area contributed by atoms with E-state index in [1.54, 1.807) is 0 Å². The van der Waals surface area contributed by atoms with E-state index in [-0.39, 0.29) is 0 Å². The molecule has 1 N–H and O–H groups in total. The zero-order valence-corrected chi connectivity index (χ0v) is 17.4. The lowest BCUT2D eigenvalue weighted by atomic mass is 10.2. The highest BCUT2D eigenvalue weighted by Gasteiger charge is 2.30. The average molecular weight is 502 g/mol. The van der Waals surface area contributed by atoms with Crippen LogP contribution in [0.1, 0.15) is 0 Å². The number of phenols is 1. The van der Waals surface area contributed by atoms with Gasteiger partial charge < -0.3 is 9.51 Å². The topological polar surface area (TPSA) is 167 Å². The number of hydrogen-bond acceptors (Lipinski definition) is 8. The highest BCUT2D eigenvalue weighted by molar-refractivity contribution is 9.10. The van der Waals surface area contributed by atoms with Crippen LogP contribution in [0, 0.1) is 30.3 Å². The van der Waals surface area contributed by atoms with Gasteiger partial charge in [0.1, 0.15) is 5.65 Å². The molecule has 13 heteroatoms. The van der Waals surface area contributed by atoms with Gasteiger partial charge in [-0.25, -0.2) is 4.98 Å². The summed E-state index contributed by atoms with van der Waals surface area (Å²) in [7, 11) is 0. The largest absolute Gasteiger partial charge is 0.497 e. The number of aromatic hydroxyl groups is 1. The molecule has 2 aromatic carbocycles. The molecule has 0 radical (unpaired) electrons. The van der Waals surface area contributed by atoms with Gasteiger partial charge in [0, 0.05) is 22.4 Å². The summed E-state index contributed by atoms with van der Waals surface area (Å²) >= 11 is 3.47. The molecule has 0 spiro atoms. The fourth-order valence-electron chi connectivity index (χ4n) is 2.70. The molecule has 0 saturated carbocycles. The third-order valence-corrected chi connectivity index (χ3v) is 4.64. The number of non-ortho nitro benzene ring substituents is 1. The van der Waals surface area contributed by atoms with E-state index < -0.39 is 37.6 Å². The number of halogens is 1. The Morgan fingerprint density at radius 2 is 1.53 bits per heavy atom. The highest BCUT2D eigenvalue weighted by Crippen LogP contribution is 2.38. The van der Waals surface area contributed by atoms with Gasteiger partial charge in [-0.1, -0.05) is 34.1 Å². The Bertz CT molecular complexity index is 1290. The number of imidazole rings is 1. The molecule has 2 heterocycles. The summed E-state index contributed by atoms with van der Waals surface area (Å²) in [6.45, 7) is 0. The first-order chi connectivity index (χ1) is 15.2. The van der Waals surface area contributed by atoms with Crippen molar-refractivity contribution in [1.82, 2.24) is 9.38 Å². The number of nitro benzene ring substituents is 3. The van der Waals surface area contributed by atoms with Crippen molar-refractivity contribution in [2.24, 2.45) is 0 Å². The smallest absolute Gasteiger partial charge is 0.324 e. The first-order valence-electron chi connectivity index (χ1n) is 8.67. The molecule has 0 fully saturated rings. The Morgan fingerprint density at radius 3 is 2.06 bits per heavy atom. The minimum atomic E-state index is -1.21. The minimum Gasteiger partial charge on any atom is -0.497 e. The van der Waals surface area contributed by atoms with Gasteiger partial charge in [-0.2, -0.15) is 0 Å². The number of hydrogen-bond donors (Lipinski definition) is 1. The number of fused-ring (bicyclic) bond motifs is 1. The number of pyridine rings is 1. The first-order valence-corrected chi connectivity index (χ1v) is 9.46. The molecule has 0 amide bonds. The molecule has 2 aromatic heterocycles. The SMILES string of the molecule is Brc1cccc(-c2cn3ccccc3n2)c1.O=[N+]([O-])c1cc([N+](=O)[O-])c(O)c([N+](=O)[O-])c1. The number of nitro groups is 3.